The number of amides is 1. The Labute approximate surface area is 124 Å². The van der Waals surface area contributed by atoms with Crippen molar-refractivity contribution >= 4 is 17.8 Å². The van der Waals surface area contributed by atoms with E-state index in [0.29, 0.717) is 0 Å². The summed E-state index contributed by atoms with van der Waals surface area (Å²) < 4.78 is 4.85. The molecule has 0 fully saturated rings. The summed E-state index contributed by atoms with van der Waals surface area (Å²) in [6, 6.07) is 1.78. The molecular weight excluding hydrogens is 298 g/mol. The molecule has 0 spiro atoms. The Kier molecular flexibility index (Phi) is 6.34. The zero-order valence-corrected chi connectivity index (χ0v) is 11.4. The Morgan fingerprint density at radius 3 is 2.82 bits per heavy atom. The Balaban J connectivity index is 2.43. The lowest BCUT2D eigenvalue weighted by Crippen LogP contribution is -2.40. The van der Waals surface area contributed by atoms with E-state index >= 15 is 0 Å². The third kappa shape index (κ3) is 5.90. The first-order chi connectivity index (χ1) is 10.4. The number of nitrogens with zero attached hydrogens (tertiary/aromatic N) is 2. The maximum atomic E-state index is 11.7. The molecule has 0 aliphatic heterocycles. The first-order valence-electron chi connectivity index (χ1n) is 6.18. The molecule has 11 nitrogen and oxygen atoms in total. The maximum absolute atomic E-state index is 11.7. The lowest BCUT2D eigenvalue weighted by atomic mass is 10.1. The van der Waals surface area contributed by atoms with Crippen LogP contribution in [0, 0.1) is 10.1 Å². The fourth-order valence-corrected chi connectivity index (χ4v) is 1.52. The number of carboxylic acids is 1. The Morgan fingerprint density at radius 2 is 2.27 bits per heavy atom. The van der Waals surface area contributed by atoms with Crippen molar-refractivity contribution in [3.63, 3.8) is 0 Å². The Morgan fingerprint density at radius 1 is 1.55 bits per heavy atom. The Hall–Kier alpha value is -3.11. The van der Waals surface area contributed by atoms with Crippen LogP contribution >= 0.6 is 0 Å². The van der Waals surface area contributed by atoms with Crippen LogP contribution in [0.15, 0.2) is 27.8 Å². The number of guanidine groups is 1. The van der Waals surface area contributed by atoms with Crippen molar-refractivity contribution < 1.29 is 24.1 Å². The first kappa shape index (κ1) is 16.9. The third-order valence-corrected chi connectivity index (χ3v) is 2.49. The molecule has 1 amide bonds. The second kappa shape index (κ2) is 8.24. The zero-order valence-electron chi connectivity index (χ0n) is 11.4. The van der Waals surface area contributed by atoms with Crippen molar-refractivity contribution in [2.75, 3.05) is 6.54 Å². The van der Waals surface area contributed by atoms with E-state index in [4.69, 9.17) is 15.3 Å². The van der Waals surface area contributed by atoms with Gasteiger partial charge in [-0.25, -0.2) is 19.9 Å². The van der Waals surface area contributed by atoms with Crippen molar-refractivity contribution in [3.8, 4) is 0 Å². The molecule has 11 heteroatoms. The summed E-state index contributed by atoms with van der Waals surface area (Å²) in [5.74, 6) is -2.23. The average molecular weight is 313 g/mol. The van der Waals surface area contributed by atoms with E-state index in [9.17, 15) is 19.7 Å². The summed E-state index contributed by atoms with van der Waals surface area (Å²) >= 11 is 0. The van der Waals surface area contributed by atoms with Crippen molar-refractivity contribution in [1.29, 1.82) is 0 Å². The molecule has 1 rings (SSSR count). The summed E-state index contributed by atoms with van der Waals surface area (Å²) in [4.78, 5) is 36.5. The standard InChI is InChI=1S/C11H15N5O6/c12-11(15-16(20)21)13-5-1-3-7(10(18)19)14-9(17)8-4-2-6-22-8/h2,4,6-7H,1,3,5H2,(H,14,17)(H,18,19)(H3,12,13,15). The predicted octanol–water partition coefficient (Wildman–Crippen LogP) is -0.661. The molecular formula is C11H15N5O6. The fourth-order valence-electron chi connectivity index (χ4n) is 1.52. The summed E-state index contributed by atoms with van der Waals surface area (Å²) in [5, 5.41) is 20.6. The van der Waals surface area contributed by atoms with E-state index in [0.717, 1.165) is 0 Å². The van der Waals surface area contributed by atoms with Gasteiger partial charge in [0.2, 0.25) is 0 Å². The van der Waals surface area contributed by atoms with Crippen LogP contribution in [0.2, 0.25) is 0 Å². The number of nitrogens with one attached hydrogen (secondary N) is 2. The SMILES string of the molecule is NC(=NCCCC(NC(=O)c1ccco1)C(=O)O)N[N+](=O)[O-]. The molecule has 0 aromatic carbocycles. The molecule has 0 aliphatic carbocycles. The topological polar surface area (TPSA) is 173 Å². The van der Waals surface area contributed by atoms with Gasteiger partial charge in [-0.15, -0.1) is 0 Å². The monoisotopic (exact) mass is 313 g/mol. The van der Waals surface area contributed by atoms with Gasteiger partial charge in [0, 0.05) is 6.54 Å². The largest absolute Gasteiger partial charge is 0.480 e. The number of aliphatic imine (C=N–C) groups is 1. The fraction of sp³-hybridized carbons (Fsp3) is 0.364. The molecule has 0 saturated heterocycles. The summed E-state index contributed by atoms with van der Waals surface area (Å²) in [6.07, 6.45) is 1.64. The van der Waals surface area contributed by atoms with E-state index < -0.39 is 23.0 Å². The van der Waals surface area contributed by atoms with E-state index in [1.54, 1.807) is 5.43 Å². The summed E-state index contributed by atoms with van der Waals surface area (Å²) in [6.45, 7) is 0.0765. The van der Waals surface area contributed by atoms with Crippen LogP contribution in [0.4, 0.5) is 0 Å². The van der Waals surface area contributed by atoms with Crippen LogP contribution in [0.3, 0.4) is 0 Å². The third-order valence-electron chi connectivity index (χ3n) is 2.49. The number of furan rings is 1. The minimum atomic E-state index is -1.21. The Bertz CT molecular complexity index is 555. The van der Waals surface area contributed by atoms with Gasteiger partial charge >= 0.3 is 5.97 Å². The van der Waals surface area contributed by atoms with E-state index in [2.05, 4.69) is 10.3 Å². The normalized spacial score (nSPS) is 12.5. The number of aliphatic carboxylic acids is 1. The smallest absolute Gasteiger partial charge is 0.326 e. The molecule has 0 saturated carbocycles. The van der Waals surface area contributed by atoms with Gasteiger partial charge in [0.1, 0.15) is 6.04 Å². The van der Waals surface area contributed by atoms with Crippen LogP contribution < -0.4 is 16.5 Å². The lowest BCUT2D eigenvalue weighted by molar-refractivity contribution is -0.525. The molecule has 120 valence electrons. The van der Waals surface area contributed by atoms with Crippen molar-refractivity contribution in [2.45, 2.75) is 18.9 Å². The number of nitro groups is 1. The highest BCUT2D eigenvalue weighted by Gasteiger charge is 2.21. The first-order valence-corrected chi connectivity index (χ1v) is 6.18. The molecule has 0 bridgehead atoms. The molecule has 5 N–H and O–H groups in total. The lowest BCUT2D eigenvalue weighted by Gasteiger charge is -2.12. The number of nitrogens with two attached hydrogens (primary N) is 1. The number of hydrogen-bond acceptors (Lipinski definition) is 6. The second-order valence-corrected chi connectivity index (χ2v) is 4.12. The number of rotatable bonds is 8. The molecule has 1 unspecified atom stereocenters. The van der Waals surface area contributed by atoms with Crippen molar-refractivity contribution in [2.24, 2.45) is 10.7 Å². The van der Waals surface area contributed by atoms with Crippen LogP contribution in [-0.2, 0) is 4.79 Å². The van der Waals surface area contributed by atoms with Gasteiger partial charge in [-0.1, -0.05) is 5.43 Å². The van der Waals surface area contributed by atoms with Gasteiger partial charge in [-0.2, -0.15) is 0 Å². The average Bonchev–Trinajstić information content (AvgIpc) is 2.95. The van der Waals surface area contributed by atoms with E-state index in [1.807, 2.05) is 0 Å². The van der Waals surface area contributed by atoms with Crippen molar-refractivity contribution in [3.05, 3.63) is 34.3 Å². The maximum Gasteiger partial charge on any atom is 0.326 e. The number of carbonyl (C=O) groups is 2. The van der Waals surface area contributed by atoms with E-state index in [-0.39, 0.29) is 31.1 Å². The van der Waals surface area contributed by atoms with Gasteiger partial charge < -0.3 is 20.6 Å². The van der Waals surface area contributed by atoms with Gasteiger partial charge in [0.25, 0.3) is 11.9 Å². The van der Waals surface area contributed by atoms with Crippen LogP contribution in [0.25, 0.3) is 0 Å². The highest BCUT2D eigenvalue weighted by Crippen LogP contribution is 2.03. The molecule has 1 heterocycles. The number of carbonyl (C=O) groups excluding carboxylic acids is 1. The van der Waals surface area contributed by atoms with Crippen LogP contribution in [0.1, 0.15) is 23.4 Å². The van der Waals surface area contributed by atoms with Crippen molar-refractivity contribution in [1.82, 2.24) is 10.7 Å². The van der Waals surface area contributed by atoms with Gasteiger partial charge in [0.15, 0.2) is 10.8 Å². The molecule has 1 aromatic rings. The predicted molar refractivity (Wildman–Crippen MR) is 73.5 cm³/mol. The minimum Gasteiger partial charge on any atom is -0.480 e. The summed E-state index contributed by atoms with van der Waals surface area (Å²) in [7, 11) is 0. The zero-order chi connectivity index (χ0) is 16.5. The number of hydrogen-bond donors (Lipinski definition) is 4. The van der Waals surface area contributed by atoms with E-state index in [1.165, 1.54) is 18.4 Å². The summed E-state index contributed by atoms with van der Waals surface area (Å²) in [5.41, 5.74) is 6.85. The highest BCUT2D eigenvalue weighted by atomic mass is 16.7. The number of hydrazine groups is 1. The van der Waals surface area contributed by atoms with Crippen LogP contribution in [0.5, 0.6) is 0 Å². The molecule has 0 aliphatic rings. The number of carboxylic acid groups (broad SMARTS) is 1. The highest BCUT2D eigenvalue weighted by molar-refractivity contribution is 5.94. The van der Waals surface area contributed by atoms with Gasteiger partial charge in [-0.05, 0) is 25.0 Å². The molecule has 1 aromatic heterocycles. The molecule has 0 radical (unpaired) electrons. The minimum absolute atomic E-state index is 0.00342. The van der Waals surface area contributed by atoms with Crippen LogP contribution in [-0.4, -0.2) is 40.6 Å². The van der Waals surface area contributed by atoms with Gasteiger partial charge in [-0.3, -0.25) is 4.79 Å². The van der Waals surface area contributed by atoms with Gasteiger partial charge in [0.05, 0.1) is 6.26 Å². The molecule has 22 heavy (non-hydrogen) atoms. The second-order valence-electron chi connectivity index (χ2n) is 4.12. The quantitative estimate of drug-likeness (QED) is 0.161. The molecule has 1 atom stereocenters.